The van der Waals surface area contributed by atoms with Gasteiger partial charge in [-0.15, -0.1) is 0 Å². The van der Waals surface area contributed by atoms with Crippen LogP contribution in [0.25, 0.3) is 0 Å². The van der Waals surface area contributed by atoms with Gasteiger partial charge in [0.05, 0.1) is 13.3 Å². The molecule has 2 nitrogen and oxygen atoms in total. The van der Waals surface area contributed by atoms with Gasteiger partial charge in [0.25, 0.3) is 6.47 Å². The summed E-state index contributed by atoms with van der Waals surface area (Å²) in [7, 11) is 0. The van der Waals surface area contributed by atoms with Crippen molar-refractivity contribution in [3.05, 3.63) is 0 Å². The predicted molar refractivity (Wildman–Crippen MR) is 27.2 cm³/mol. The lowest BCUT2D eigenvalue weighted by Gasteiger charge is -1.92. The minimum atomic E-state index is -0.331. The number of carbonyl (C=O) groups is 1. The number of ether oxygens (including phenoxy) is 1. The Balaban J connectivity index is 2.62. The monoisotopic (exact) mass is 120 g/mol. The lowest BCUT2D eigenvalue weighted by molar-refractivity contribution is -0.128. The topological polar surface area (TPSA) is 26.3 Å². The number of hydrogen-bond donors (Lipinski definition) is 0. The van der Waals surface area contributed by atoms with Gasteiger partial charge in [0.1, 0.15) is 0 Å². The van der Waals surface area contributed by atoms with Crippen LogP contribution < -0.4 is 0 Å². The summed E-state index contributed by atoms with van der Waals surface area (Å²) in [5.74, 6) is 0. The van der Waals surface area contributed by atoms with Gasteiger partial charge in [-0.05, 0) is 12.8 Å². The van der Waals surface area contributed by atoms with Gasteiger partial charge in [-0.3, -0.25) is 9.18 Å². The van der Waals surface area contributed by atoms with Crippen molar-refractivity contribution in [1.82, 2.24) is 0 Å². The van der Waals surface area contributed by atoms with Gasteiger partial charge in [-0.25, -0.2) is 0 Å². The molecule has 0 N–H and O–H groups in total. The Morgan fingerprint density at radius 3 is 2.75 bits per heavy atom. The molecule has 0 aliphatic heterocycles. The SMILES string of the molecule is O=COCCCCF. The fourth-order valence-corrected chi connectivity index (χ4v) is 0.328. The van der Waals surface area contributed by atoms with Crippen LogP contribution in [0.5, 0.6) is 0 Å². The molecule has 0 saturated heterocycles. The molecule has 0 rings (SSSR count). The third-order valence-corrected chi connectivity index (χ3v) is 0.714. The van der Waals surface area contributed by atoms with Gasteiger partial charge in [-0.2, -0.15) is 0 Å². The highest BCUT2D eigenvalue weighted by atomic mass is 19.1. The zero-order chi connectivity index (χ0) is 6.24. The van der Waals surface area contributed by atoms with Gasteiger partial charge in [0, 0.05) is 0 Å². The van der Waals surface area contributed by atoms with Crippen LogP contribution in [0.1, 0.15) is 12.8 Å². The van der Waals surface area contributed by atoms with E-state index in [0.29, 0.717) is 25.9 Å². The second kappa shape index (κ2) is 6.40. The molecule has 0 unspecified atom stereocenters. The van der Waals surface area contributed by atoms with Crippen LogP contribution in [-0.2, 0) is 9.53 Å². The summed E-state index contributed by atoms with van der Waals surface area (Å²) in [6.45, 7) is 0.383. The molecule has 0 aromatic carbocycles. The second-order valence-corrected chi connectivity index (χ2v) is 1.36. The number of alkyl halides is 1. The number of carbonyl (C=O) groups excluding carboxylic acids is 1. The highest BCUT2D eigenvalue weighted by Crippen LogP contribution is 1.87. The molecular formula is C5H9FO2. The van der Waals surface area contributed by atoms with E-state index in [0.717, 1.165) is 0 Å². The highest BCUT2D eigenvalue weighted by Gasteiger charge is 1.84. The summed E-state index contributed by atoms with van der Waals surface area (Å²) in [5.41, 5.74) is 0. The molecule has 0 amide bonds. The number of hydrogen-bond acceptors (Lipinski definition) is 2. The van der Waals surface area contributed by atoms with E-state index in [2.05, 4.69) is 4.74 Å². The minimum Gasteiger partial charge on any atom is -0.468 e. The van der Waals surface area contributed by atoms with Gasteiger partial charge in [0.2, 0.25) is 0 Å². The quantitative estimate of drug-likeness (QED) is 0.398. The smallest absolute Gasteiger partial charge is 0.293 e. The normalized spacial score (nSPS) is 8.62. The third kappa shape index (κ3) is 5.40. The molecule has 0 aromatic heterocycles. The molecule has 3 heteroatoms. The Hall–Kier alpha value is -0.600. The molecule has 0 atom stereocenters. The zero-order valence-corrected chi connectivity index (χ0v) is 4.60. The van der Waals surface area contributed by atoms with Crippen molar-refractivity contribution in [2.24, 2.45) is 0 Å². The molecule has 0 aliphatic rings. The van der Waals surface area contributed by atoms with E-state index in [4.69, 9.17) is 0 Å². The average molecular weight is 120 g/mol. The standard InChI is InChI=1S/C5H9FO2/c6-3-1-2-4-8-5-7/h5H,1-4H2. The highest BCUT2D eigenvalue weighted by molar-refractivity contribution is 5.36. The maximum Gasteiger partial charge on any atom is 0.293 e. The number of unbranched alkanes of at least 4 members (excludes halogenated alkanes) is 1. The van der Waals surface area contributed by atoms with Crippen molar-refractivity contribution in [1.29, 1.82) is 0 Å². The molecule has 8 heavy (non-hydrogen) atoms. The van der Waals surface area contributed by atoms with Crippen molar-refractivity contribution < 1.29 is 13.9 Å². The van der Waals surface area contributed by atoms with E-state index in [1.165, 1.54) is 0 Å². The summed E-state index contributed by atoms with van der Waals surface area (Å²) < 4.78 is 15.6. The van der Waals surface area contributed by atoms with Crippen LogP contribution in [0.15, 0.2) is 0 Å². The molecule has 0 bridgehead atoms. The van der Waals surface area contributed by atoms with Crippen LogP contribution in [0, 0.1) is 0 Å². The second-order valence-electron chi connectivity index (χ2n) is 1.36. The Morgan fingerprint density at radius 2 is 2.25 bits per heavy atom. The summed E-state index contributed by atoms with van der Waals surface area (Å²) in [6.07, 6.45) is 1.10. The van der Waals surface area contributed by atoms with Crippen LogP contribution in [0.4, 0.5) is 4.39 Å². The van der Waals surface area contributed by atoms with Crippen LogP contribution in [0.3, 0.4) is 0 Å². The molecule has 0 aromatic rings. The summed E-state index contributed by atoms with van der Waals surface area (Å²) in [4.78, 5) is 9.45. The van der Waals surface area contributed by atoms with Gasteiger partial charge in [-0.1, -0.05) is 0 Å². The Bertz CT molecular complexity index is 56.4. The first-order chi connectivity index (χ1) is 3.91. The number of rotatable bonds is 5. The van der Waals surface area contributed by atoms with E-state index in [1.54, 1.807) is 0 Å². The van der Waals surface area contributed by atoms with E-state index in [1.807, 2.05) is 0 Å². The molecule has 0 saturated carbocycles. The van der Waals surface area contributed by atoms with E-state index >= 15 is 0 Å². The maximum absolute atomic E-state index is 11.3. The van der Waals surface area contributed by atoms with Gasteiger partial charge >= 0.3 is 0 Å². The molecular weight excluding hydrogens is 111 g/mol. The van der Waals surface area contributed by atoms with Crippen molar-refractivity contribution in [3.63, 3.8) is 0 Å². The fraction of sp³-hybridized carbons (Fsp3) is 0.800. The lowest BCUT2D eigenvalue weighted by atomic mass is 10.3. The van der Waals surface area contributed by atoms with E-state index < -0.39 is 0 Å². The Kier molecular flexibility index (Phi) is 5.92. The van der Waals surface area contributed by atoms with Crippen LogP contribution in [-0.4, -0.2) is 19.8 Å². The molecule has 0 aliphatic carbocycles. The van der Waals surface area contributed by atoms with E-state index in [-0.39, 0.29) is 6.67 Å². The first kappa shape index (κ1) is 7.40. The molecule has 0 spiro atoms. The largest absolute Gasteiger partial charge is 0.468 e. The van der Waals surface area contributed by atoms with Gasteiger partial charge < -0.3 is 4.74 Å². The first-order valence-corrected chi connectivity index (χ1v) is 2.53. The zero-order valence-electron chi connectivity index (χ0n) is 4.60. The lowest BCUT2D eigenvalue weighted by Crippen LogP contribution is -1.91. The van der Waals surface area contributed by atoms with Crippen molar-refractivity contribution in [2.75, 3.05) is 13.3 Å². The molecule has 0 fully saturated rings. The van der Waals surface area contributed by atoms with Crippen LogP contribution >= 0.6 is 0 Å². The Labute approximate surface area is 47.6 Å². The fourth-order valence-electron chi connectivity index (χ4n) is 0.328. The first-order valence-electron chi connectivity index (χ1n) is 2.53. The average Bonchev–Trinajstić information content (AvgIpc) is 1.81. The molecule has 0 heterocycles. The third-order valence-electron chi connectivity index (χ3n) is 0.714. The Morgan fingerprint density at radius 1 is 1.50 bits per heavy atom. The number of halogens is 1. The summed E-state index contributed by atoms with van der Waals surface area (Å²) >= 11 is 0. The molecule has 48 valence electrons. The summed E-state index contributed by atoms with van der Waals surface area (Å²) in [5, 5.41) is 0. The summed E-state index contributed by atoms with van der Waals surface area (Å²) in [6, 6.07) is 0. The van der Waals surface area contributed by atoms with Gasteiger partial charge in [0.15, 0.2) is 0 Å². The van der Waals surface area contributed by atoms with Crippen molar-refractivity contribution in [3.8, 4) is 0 Å². The maximum atomic E-state index is 11.3. The van der Waals surface area contributed by atoms with Crippen molar-refractivity contribution in [2.45, 2.75) is 12.8 Å². The van der Waals surface area contributed by atoms with Crippen molar-refractivity contribution >= 4 is 6.47 Å². The predicted octanol–water partition coefficient (Wildman–Crippen LogP) is 0.909. The van der Waals surface area contributed by atoms with E-state index in [9.17, 15) is 9.18 Å². The molecule has 0 radical (unpaired) electrons. The van der Waals surface area contributed by atoms with Crippen LogP contribution in [0.2, 0.25) is 0 Å². The minimum absolute atomic E-state index is 0.331.